The highest BCUT2D eigenvalue weighted by atomic mass is 16.5. The van der Waals surface area contributed by atoms with Gasteiger partial charge >= 0.3 is 0 Å². The largest absolute Gasteiger partial charge is 0.376 e. The molecule has 1 heterocycles. The normalized spacial score (nSPS) is 25.1. The van der Waals surface area contributed by atoms with Gasteiger partial charge in [-0.25, -0.2) is 0 Å². The highest BCUT2D eigenvalue weighted by Crippen LogP contribution is 2.19. The molecule has 3 atom stereocenters. The van der Waals surface area contributed by atoms with Crippen LogP contribution in [-0.2, 0) is 9.53 Å². The quantitative estimate of drug-likeness (QED) is 0.701. The monoisotopic (exact) mass is 285 g/mol. The molecule has 3 N–H and O–H groups in total. The summed E-state index contributed by atoms with van der Waals surface area (Å²) in [5.41, 5.74) is 4.97. The molecule has 20 heavy (non-hydrogen) atoms. The first kappa shape index (κ1) is 17.4. The molecule has 1 aliphatic heterocycles. The Kier molecular flexibility index (Phi) is 6.92. The molecule has 1 rings (SSSR count). The second kappa shape index (κ2) is 7.96. The lowest BCUT2D eigenvalue weighted by molar-refractivity contribution is -0.125. The lowest BCUT2D eigenvalue weighted by Gasteiger charge is -2.40. The summed E-state index contributed by atoms with van der Waals surface area (Å²) < 4.78 is 5.70. The minimum absolute atomic E-state index is 0.266. The zero-order valence-electron chi connectivity index (χ0n) is 13.4. The van der Waals surface area contributed by atoms with Gasteiger partial charge in [0, 0.05) is 19.1 Å². The van der Waals surface area contributed by atoms with E-state index in [0.29, 0.717) is 12.1 Å². The molecule has 0 spiro atoms. The van der Waals surface area contributed by atoms with Gasteiger partial charge in [-0.3, -0.25) is 9.69 Å². The number of hydrogen-bond donors (Lipinski definition) is 2. The minimum atomic E-state index is -0.630. The van der Waals surface area contributed by atoms with Crippen LogP contribution >= 0.6 is 0 Å². The Labute approximate surface area is 123 Å². The molecule has 0 bridgehead atoms. The first-order valence-electron chi connectivity index (χ1n) is 7.83. The predicted octanol–water partition coefficient (Wildman–Crippen LogP) is 1.12. The standard InChI is InChI=1S/C15H31N3O2/c1-5-7-17-15(4,14(16)19)10-12(3)18-8-9-20-13(6-2)11-18/h12-13,17H,5-11H2,1-4H3,(H2,16,19). The molecule has 1 saturated heterocycles. The van der Waals surface area contributed by atoms with Gasteiger partial charge in [-0.15, -0.1) is 0 Å². The van der Waals surface area contributed by atoms with Crippen molar-refractivity contribution in [2.24, 2.45) is 5.73 Å². The number of amides is 1. The lowest BCUT2D eigenvalue weighted by atomic mass is 9.91. The summed E-state index contributed by atoms with van der Waals surface area (Å²) in [5, 5.41) is 3.31. The van der Waals surface area contributed by atoms with Crippen molar-refractivity contribution in [1.82, 2.24) is 10.2 Å². The SMILES string of the molecule is CCCNC(C)(CC(C)N1CCOC(CC)C1)C(N)=O. The first-order valence-corrected chi connectivity index (χ1v) is 7.83. The fourth-order valence-corrected chi connectivity index (χ4v) is 2.77. The van der Waals surface area contributed by atoms with E-state index in [9.17, 15) is 4.79 Å². The fourth-order valence-electron chi connectivity index (χ4n) is 2.77. The zero-order valence-corrected chi connectivity index (χ0v) is 13.4. The molecule has 118 valence electrons. The van der Waals surface area contributed by atoms with Gasteiger partial charge in [0.1, 0.15) is 0 Å². The number of nitrogens with two attached hydrogens (primary N) is 1. The van der Waals surface area contributed by atoms with E-state index in [0.717, 1.165) is 45.5 Å². The van der Waals surface area contributed by atoms with Crippen LogP contribution in [0.3, 0.4) is 0 Å². The number of carbonyl (C=O) groups is 1. The summed E-state index contributed by atoms with van der Waals surface area (Å²) in [5.74, 6) is -0.266. The van der Waals surface area contributed by atoms with Crippen LogP contribution in [0.25, 0.3) is 0 Å². The van der Waals surface area contributed by atoms with Crippen LogP contribution in [0, 0.1) is 0 Å². The Morgan fingerprint density at radius 3 is 2.80 bits per heavy atom. The smallest absolute Gasteiger partial charge is 0.237 e. The fraction of sp³-hybridized carbons (Fsp3) is 0.933. The van der Waals surface area contributed by atoms with Crippen molar-refractivity contribution >= 4 is 5.91 Å². The maximum atomic E-state index is 11.8. The highest BCUT2D eigenvalue weighted by molar-refractivity contribution is 5.84. The molecule has 0 radical (unpaired) electrons. The van der Waals surface area contributed by atoms with Crippen LogP contribution in [0.5, 0.6) is 0 Å². The van der Waals surface area contributed by atoms with Gasteiger partial charge in [0.25, 0.3) is 0 Å². The molecule has 1 amide bonds. The van der Waals surface area contributed by atoms with Crippen LogP contribution < -0.4 is 11.1 Å². The summed E-state index contributed by atoms with van der Waals surface area (Å²) in [6, 6.07) is 0.315. The molecule has 5 nitrogen and oxygen atoms in total. The average Bonchev–Trinajstić information content (AvgIpc) is 2.45. The maximum absolute atomic E-state index is 11.8. The van der Waals surface area contributed by atoms with Gasteiger partial charge < -0.3 is 15.8 Å². The average molecular weight is 285 g/mol. The van der Waals surface area contributed by atoms with E-state index in [1.54, 1.807) is 0 Å². The van der Waals surface area contributed by atoms with E-state index in [1.807, 2.05) is 6.92 Å². The summed E-state index contributed by atoms with van der Waals surface area (Å²) in [6.45, 7) is 11.8. The number of ether oxygens (including phenoxy) is 1. The molecule has 1 aliphatic rings. The van der Waals surface area contributed by atoms with Gasteiger partial charge in [0.05, 0.1) is 18.2 Å². The number of nitrogens with one attached hydrogen (secondary N) is 1. The molecular weight excluding hydrogens is 254 g/mol. The van der Waals surface area contributed by atoms with Gasteiger partial charge in [-0.2, -0.15) is 0 Å². The van der Waals surface area contributed by atoms with Gasteiger partial charge in [-0.1, -0.05) is 13.8 Å². The van der Waals surface area contributed by atoms with Crippen molar-refractivity contribution in [3.63, 3.8) is 0 Å². The molecule has 0 aromatic rings. The molecule has 5 heteroatoms. The van der Waals surface area contributed by atoms with E-state index >= 15 is 0 Å². The summed E-state index contributed by atoms with van der Waals surface area (Å²) in [6.07, 6.45) is 3.07. The zero-order chi connectivity index (χ0) is 15.2. The third-order valence-electron chi connectivity index (χ3n) is 4.26. The lowest BCUT2D eigenvalue weighted by Crippen LogP contribution is -2.57. The Morgan fingerprint density at radius 2 is 2.25 bits per heavy atom. The molecule has 3 unspecified atom stereocenters. The second-order valence-electron chi connectivity index (χ2n) is 6.07. The Balaban J connectivity index is 2.60. The number of carbonyl (C=O) groups excluding carboxylic acids is 1. The van der Waals surface area contributed by atoms with Crippen LogP contribution in [-0.4, -0.2) is 54.7 Å². The number of nitrogens with zero attached hydrogens (tertiary/aromatic N) is 1. The molecule has 0 aromatic carbocycles. The summed E-state index contributed by atoms with van der Waals surface area (Å²) in [7, 11) is 0. The van der Waals surface area contributed by atoms with Crippen molar-refractivity contribution in [3.8, 4) is 0 Å². The van der Waals surface area contributed by atoms with Crippen LogP contribution in [0.1, 0.15) is 47.0 Å². The predicted molar refractivity (Wildman–Crippen MR) is 81.6 cm³/mol. The number of morpholine rings is 1. The minimum Gasteiger partial charge on any atom is -0.376 e. The van der Waals surface area contributed by atoms with Gasteiger partial charge in [-0.05, 0) is 39.7 Å². The molecule has 0 saturated carbocycles. The number of rotatable bonds is 8. The van der Waals surface area contributed by atoms with E-state index in [4.69, 9.17) is 10.5 Å². The topological polar surface area (TPSA) is 67.6 Å². The molecule has 0 aliphatic carbocycles. The molecule has 0 aromatic heterocycles. The molecule has 1 fully saturated rings. The number of hydrogen-bond acceptors (Lipinski definition) is 4. The van der Waals surface area contributed by atoms with E-state index < -0.39 is 5.54 Å². The third kappa shape index (κ3) is 4.72. The van der Waals surface area contributed by atoms with Crippen molar-refractivity contribution in [2.75, 3.05) is 26.2 Å². The van der Waals surface area contributed by atoms with Gasteiger partial charge in [0.2, 0.25) is 5.91 Å². The van der Waals surface area contributed by atoms with Crippen molar-refractivity contribution in [3.05, 3.63) is 0 Å². The van der Waals surface area contributed by atoms with E-state index in [1.165, 1.54) is 0 Å². The van der Waals surface area contributed by atoms with Crippen LogP contribution in [0.2, 0.25) is 0 Å². The number of primary amides is 1. The van der Waals surface area contributed by atoms with Gasteiger partial charge in [0.15, 0.2) is 0 Å². The third-order valence-corrected chi connectivity index (χ3v) is 4.26. The Hall–Kier alpha value is -0.650. The van der Waals surface area contributed by atoms with Crippen molar-refractivity contribution < 1.29 is 9.53 Å². The van der Waals surface area contributed by atoms with Crippen molar-refractivity contribution in [1.29, 1.82) is 0 Å². The van der Waals surface area contributed by atoms with Crippen LogP contribution in [0.4, 0.5) is 0 Å². The summed E-state index contributed by atoms with van der Waals surface area (Å²) >= 11 is 0. The maximum Gasteiger partial charge on any atom is 0.237 e. The summed E-state index contributed by atoms with van der Waals surface area (Å²) in [4.78, 5) is 14.2. The molecular formula is C15H31N3O2. The van der Waals surface area contributed by atoms with E-state index in [2.05, 4.69) is 31.0 Å². The highest BCUT2D eigenvalue weighted by Gasteiger charge is 2.34. The van der Waals surface area contributed by atoms with E-state index in [-0.39, 0.29) is 5.91 Å². The van der Waals surface area contributed by atoms with Crippen LogP contribution in [0.15, 0.2) is 0 Å². The Bertz CT molecular complexity index is 311. The van der Waals surface area contributed by atoms with Crippen molar-refractivity contribution in [2.45, 2.75) is 64.6 Å². The first-order chi connectivity index (χ1) is 9.42. The Morgan fingerprint density at radius 1 is 1.55 bits per heavy atom. The second-order valence-corrected chi connectivity index (χ2v) is 6.07.